The molecule has 0 bridgehead atoms. The second-order valence-electron chi connectivity index (χ2n) is 4.76. The molecule has 2 atom stereocenters. The Morgan fingerprint density at radius 3 is 3.10 bits per heavy atom. The highest BCUT2D eigenvalue weighted by Crippen LogP contribution is 2.23. The number of aliphatic hydroxyl groups is 1. The van der Waals surface area contributed by atoms with Crippen LogP contribution < -0.4 is 10.6 Å². The summed E-state index contributed by atoms with van der Waals surface area (Å²) in [5.74, 6) is 0.125. The summed E-state index contributed by atoms with van der Waals surface area (Å²) in [4.78, 5) is 17.9. The van der Waals surface area contributed by atoms with E-state index >= 15 is 0 Å². The van der Waals surface area contributed by atoms with Crippen LogP contribution in [0.15, 0.2) is 12.3 Å². The zero-order chi connectivity index (χ0) is 14.7. The molecule has 1 aromatic rings. The Morgan fingerprint density at radius 2 is 2.45 bits per heavy atom. The molecule has 2 rings (SSSR count). The second kappa shape index (κ2) is 6.06. The van der Waals surface area contributed by atoms with Crippen molar-refractivity contribution in [2.45, 2.75) is 19.1 Å². The van der Waals surface area contributed by atoms with Gasteiger partial charge >= 0.3 is 5.97 Å². The summed E-state index contributed by atoms with van der Waals surface area (Å²) in [6.07, 6.45) is 1.18. The SMILES string of the molecule is COC(=O)c1cc(N2CC(CO)OCC2C)ncc1N. The van der Waals surface area contributed by atoms with Gasteiger partial charge in [-0.3, -0.25) is 0 Å². The highest BCUT2D eigenvalue weighted by atomic mass is 16.5. The molecule has 0 aliphatic carbocycles. The van der Waals surface area contributed by atoms with Crippen LogP contribution in [0.25, 0.3) is 0 Å². The minimum atomic E-state index is -0.495. The molecule has 1 aromatic heterocycles. The molecule has 2 heterocycles. The standard InChI is InChI=1S/C13H19N3O4/c1-8-7-20-9(6-17)5-16(8)12-3-10(13(18)19-2)11(14)4-15-12/h3-4,8-9,17H,5-7,14H2,1-2H3. The van der Waals surface area contributed by atoms with Gasteiger partial charge in [0.15, 0.2) is 0 Å². The number of nitrogen functional groups attached to an aromatic ring is 1. The Kier molecular flexibility index (Phi) is 4.41. The van der Waals surface area contributed by atoms with Crippen LogP contribution >= 0.6 is 0 Å². The number of aromatic nitrogens is 1. The molecule has 110 valence electrons. The van der Waals surface area contributed by atoms with E-state index in [0.717, 1.165) is 0 Å². The van der Waals surface area contributed by atoms with E-state index in [2.05, 4.69) is 4.98 Å². The molecule has 1 saturated heterocycles. The summed E-state index contributed by atoms with van der Waals surface area (Å²) < 4.78 is 10.2. The number of hydrogen-bond acceptors (Lipinski definition) is 7. The smallest absolute Gasteiger partial charge is 0.340 e. The number of carbonyl (C=O) groups excluding carboxylic acids is 1. The van der Waals surface area contributed by atoms with Gasteiger partial charge in [-0.1, -0.05) is 0 Å². The number of methoxy groups -OCH3 is 1. The van der Waals surface area contributed by atoms with Crippen molar-refractivity contribution in [2.24, 2.45) is 0 Å². The van der Waals surface area contributed by atoms with E-state index in [1.165, 1.54) is 13.3 Å². The summed E-state index contributed by atoms with van der Waals surface area (Å²) >= 11 is 0. The Labute approximate surface area is 117 Å². The van der Waals surface area contributed by atoms with E-state index in [4.69, 9.17) is 15.2 Å². The van der Waals surface area contributed by atoms with Crippen molar-refractivity contribution in [3.63, 3.8) is 0 Å². The third-order valence-corrected chi connectivity index (χ3v) is 3.33. The van der Waals surface area contributed by atoms with Crippen molar-refractivity contribution < 1.29 is 19.4 Å². The van der Waals surface area contributed by atoms with Gasteiger partial charge in [-0.25, -0.2) is 9.78 Å². The molecular weight excluding hydrogens is 262 g/mol. The first kappa shape index (κ1) is 14.5. The summed E-state index contributed by atoms with van der Waals surface area (Å²) in [5.41, 5.74) is 6.30. The minimum Gasteiger partial charge on any atom is -0.465 e. The normalized spacial score (nSPS) is 22.6. The van der Waals surface area contributed by atoms with Crippen LogP contribution in [0.5, 0.6) is 0 Å². The van der Waals surface area contributed by atoms with Crippen LogP contribution in [0.4, 0.5) is 11.5 Å². The van der Waals surface area contributed by atoms with Crippen molar-refractivity contribution >= 4 is 17.5 Å². The Hall–Kier alpha value is -1.86. The number of pyridine rings is 1. The van der Waals surface area contributed by atoms with Gasteiger partial charge in [-0.05, 0) is 13.0 Å². The van der Waals surface area contributed by atoms with Crippen LogP contribution in [-0.4, -0.2) is 55.1 Å². The number of nitrogens with zero attached hydrogens (tertiary/aromatic N) is 2. The second-order valence-corrected chi connectivity index (χ2v) is 4.76. The van der Waals surface area contributed by atoms with Crippen molar-refractivity contribution in [2.75, 3.05) is 37.5 Å². The average molecular weight is 281 g/mol. The summed E-state index contributed by atoms with van der Waals surface area (Å²) in [7, 11) is 1.31. The number of nitrogens with two attached hydrogens (primary N) is 1. The van der Waals surface area contributed by atoms with Crippen molar-refractivity contribution in [1.82, 2.24) is 4.98 Å². The van der Waals surface area contributed by atoms with Crippen LogP contribution in [-0.2, 0) is 9.47 Å². The van der Waals surface area contributed by atoms with Gasteiger partial charge in [0.25, 0.3) is 0 Å². The number of anilines is 2. The summed E-state index contributed by atoms with van der Waals surface area (Å²) in [6, 6.07) is 1.71. The van der Waals surface area contributed by atoms with Crippen LogP contribution in [0, 0.1) is 0 Å². The number of carbonyl (C=O) groups is 1. The maximum Gasteiger partial charge on any atom is 0.340 e. The predicted octanol–water partition coefficient (Wildman–Crippen LogP) is 0.0364. The number of esters is 1. The molecule has 0 aromatic carbocycles. The fourth-order valence-electron chi connectivity index (χ4n) is 2.15. The van der Waals surface area contributed by atoms with Crippen LogP contribution in [0.2, 0.25) is 0 Å². The molecule has 3 N–H and O–H groups in total. The lowest BCUT2D eigenvalue weighted by atomic mass is 10.1. The van der Waals surface area contributed by atoms with Gasteiger partial charge in [0.1, 0.15) is 5.82 Å². The van der Waals surface area contributed by atoms with Gasteiger partial charge in [0.05, 0.1) is 49.9 Å². The topological polar surface area (TPSA) is 97.9 Å². The summed E-state index contributed by atoms with van der Waals surface area (Å²) in [5, 5.41) is 9.20. The average Bonchev–Trinajstić information content (AvgIpc) is 2.47. The minimum absolute atomic E-state index is 0.0535. The van der Waals surface area contributed by atoms with E-state index < -0.39 is 5.97 Å². The van der Waals surface area contributed by atoms with Crippen molar-refractivity contribution in [1.29, 1.82) is 0 Å². The molecule has 7 heteroatoms. The Morgan fingerprint density at radius 1 is 1.70 bits per heavy atom. The largest absolute Gasteiger partial charge is 0.465 e. The number of ether oxygens (including phenoxy) is 2. The molecule has 20 heavy (non-hydrogen) atoms. The lowest BCUT2D eigenvalue weighted by Crippen LogP contribution is -2.50. The Bertz CT molecular complexity index is 495. The fourth-order valence-corrected chi connectivity index (χ4v) is 2.15. The van der Waals surface area contributed by atoms with Crippen molar-refractivity contribution in [3.8, 4) is 0 Å². The molecule has 7 nitrogen and oxygen atoms in total. The van der Waals surface area contributed by atoms with E-state index in [9.17, 15) is 9.90 Å². The highest BCUT2D eigenvalue weighted by molar-refractivity contribution is 5.95. The first-order valence-corrected chi connectivity index (χ1v) is 6.39. The molecule has 0 amide bonds. The van der Waals surface area contributed by atoms with E-state index in [1.54, 1.807) is 6.07 Å². The highest BCUT2D eigenvalue weighted by Gasteiger charge is 2.27. The van der Waals surface area contributed by atoms with Crippen LogP contribution in [0.1, 0.15) is 17.3 Å². The number of aliphatic hydroxyl groups excluding tert-OH is 1. The van der Waals surface area contributed by atoms with Gasteiger partial charge in [0.2, 0.25) is 0 Å². The number of rotatable bonds is 3. The molecule has 1 aliphatic rings. The first-order valence-electron chi connectivity index (χ1n) is 6.39. The maximum atomic E-state index is 11.7. The van der Waals surface area contributed by atoms with Crippen molar-refractivity contribution in [3.05, 3.63) is 17.8 Å². The third kappa shape index (κ3) is 2.83. The molecule has 0 spiro atoms. The molecule has 0 saturated carbocycles. The first-order chi connectivity index (χ1) is 9.56. The molecule has 2 unspecified atom stereocenters. The van der Waals surface area contributed by atoms with E-state index in [-0.39, 0.29) is 30.0 Å². The quantitative estimate of drug-likeness (QED) is 0.755. The fraction of sp³-hybridized carbons (Fsp3) is 0.538. The number of morpholine rings is 1. The van der Waals surface area contributed by atoms with Gasteiger partial charge in [-0.2, -0.15) is 0 Å². The van der Waals surface area contributed by atoms with E-state index in [0.29, 0.717) is 19.0 Å². The van der Waals surface area contributed by atoms with E-state index in [1.807, 2.05) is 11.8 Å². The summed E-state index contributed by atoms with van der Waals surface area (Å²) in [6.45, 7) is 2.94. The molecule has 0 radical (unpaired) electrons. The molecule has 1 fully saturated rings. The zero-order valence-corrected chi connectivity index (χ0v) is 11.6. The molecule has 1 aliphatic heterocycles. The van der Waals surface area contributed by atoms with Gasteiger partial charge in [0, 0.05) is 6.54 Å². The Balaban J connectivity index is 2.29. The van der Waals surface area contributed by atoms with Gasteiger partial charge in [-0.15, -0.1) is 0 Å². The third-order valence-electron chi connectivity index (χ3n) is 3.33. The maximum absolute atomic E-state index is 11.7. The predicted molar refractivity (Wildman–Crippen MR) is 73.6 cm³/mol. The number of hydrogen-bond donors (Lipinski definition) is 2. The molecular formula is C13H19N3O4. The van der Waals surface area contributed by atoms with Crippen LogP contribution in [0.3, 0.4) is 0 Å². The zero-order valence-electron chi connectivity index (χ0n) is 11.6. The lowest BCUT2D eigenvalue weighted by Gasteiger charge is -2.38. The monoisotopic (exact) mass is 281 g/mol. The lowest BCUT2D eigenvalue weighted by molar-refractivity contribution is -0.0105. The van der Waals surface area contributed by atoms with Gasteiger partial charge < -0.3 is 25.2 Å².